The number of aromatic nitrogens is 2. The molecule has 0 aliphatic carbocycles. The maximum atomic E-state index is 5.96. The molecule has 0 saturated heterocycles. The van der Waals surface area contributed by atoms with Crippen LogP contribution in [0, 0.1) is 6.92 Å². The standard InChI is InChI=1S/C15H19N3O/c1-3-13(10-18-15-11-16-7-8-17-15)19-14-6-4-5-12(2)9-14/h4-9,11,13H,3,10H2,1-2H3,(H,17,18). The maximum absolute atomic E-state index is 5.96. The lowest BCUT2D eigenvalue weighted by atomic mass is 10.2. The number of benzene rings is 1. The zero-order chi connectivity index (χ0) is 13.5. The molecule has 0 aliphatic heterocycles. The Labute approximate surface area is 113 Å². The van der Waals surface area contributed by atoms with Crippen molar-refractivity contribution in [3.63, 3.8) is 0 Å². The second kappa shape index (κ2) is 6.73. The topological polar surface area (TPSA) is 47.0 Å². The van der Waals surface area contributed by atoms with Crippen LogP contribution in [0.25, 0.3) is 0 Å². The third kappa shape index (κ3) is 4.25. The van der Waals surface area contributed by atoms with Crippen LogP contribution >= 0.6 is 0 Å². The van der Waals surface area contributed by atoms with Gasteiger partial charge >= 0.3 is 0 Å². The van der Waals surface area contributed by atoms with Gasteiger partial charge in [0, 0.05) is 12.4 Å². The number of nitrogens with one attached hydrogen (secondary N) is 1. The summed E-state index contributed by atoms with van der Waals surface area (Å²) in [5, 5.41) is 3.23. The fourth-order valence-corrected chi connectivity index (χ4v) is 1.76. The van der Waals surface area contributed by atoms with Crippen molar-refractivity contribution in [1.82, 2.24) is 9.97 Å². The van der Waals surface area contributed by atoms with Gasteiger partial charge in [-0.25, -0.2) is 4.98 Å². The third-order valence-corrected chi connectivity index (χ3v) is 2.82. The van der Waals surface area contributed by atoms with Crippen LogP contribution in [0.3, 0.4) is 0 Å². The summed E-state index contributed by atoms with van der Waals surface area (Å²) in [4.78, 5) is 8.20. The van der Waals surface area contributed by atoms with Gasteiger partial charge in [0.25, 0.3) is 0 Å². The zero-order valence-electron chi connectivity index (χ0n) is 11.3. The minimum atomic E-state index is 0.115. The van der Waals surface area contributed by atoms with Crippen LogP contribution in [0.15, 0.2) is 42.9 Å². The van der Waals surface area contributed by atoms with Crippen molar-refractivity contribution in [1.29, 1.82) is 0 Å². The van der Waals surface area contributed by atoms with Gasteiger partial charge in [-0.1, -0.05) is 19.1 Å². The van der Waals surface area contributed by atoms with Crippen LogP contribution in [0.4, 0.5) is 5.82 Å². The molecule has 1 heterocycles. The van der Waals surface area contributed by atoms with E-state index in [1.807, 2.05) is 18.2 Å². The minimum Gasteiger partial charge on any atom is -0.489 e. The van der Waals surface area contributed by atoms with Gasteiger partial charge in [0.05, 0.1) is 12.7 Å². The summed E-state index contributed by atoms with van der Waals surface area (Å²) in [6, 6.07) is 8.10. The van der Waals surface area contributed by atoms with E-state index in [0.717, 1.165) is 18.0 Å². The molecule has 0 saturated carbocycles. The fourth-order valence-electron chi connectivity index (χ4n) is 1.76. The second-order valence-electron chi connectivity index (χ2n) is 4.44. The van der Waals surface area contributed by atoms with Crippen LogP contribution < -0.4 is 10.1 Å². The van der Waals surface area contributed by atoms with Gasteiger partial charge in [-0.05, 0) is 31.0 Å². The van der Waals surface area contributed by atoms with Crippen molar-refractivity contribution >= 4 is 5.82 Å². The molecule has 100 valence electrons. The smallest absolute Gasteiger partial charge is 0.144 e. The van der Waals surface area contributed by atoms with Gasteiger partial charge in [-0.3, -0.25) is 4.98 Å². The third-order valence-electron chi connectivity index (χ3n) is 2.82. The highest BCUT2D eigenvalue weighted by Gasteiger charge is 2.08. The van der Waals surface area contributed by atoms with E-state index in [0.29, 0.717) is 6.54 Å². The predicted molar refractivity (Wildman–Crippen MR) is 76.4 cm³/mol. The summed E-state index contributed by atoms with van der Waals surface area (Å²) in [7, 11) is 0. The van der Waals surface area contributed by atoms with Gasteiger partial charge in [0.1, 0.15) is 17.7 Å². The lowest BCUT2D eigenvalue weighted by Crippen LogP contribution is -2.25. The van der Waals surface area contributed by atoms with Crippen molar-refractivity contribution in [2.24, 2.45) is 0 Å². The Kier molecular flexibility index (Phi) is 4.72. The van der Waals surface area contributed by atoms with Crippen LogP contribution in [0.5, 0.6) is 5.75 Å². The number of hydrogen-bond donors (Lipinski definition) is 1. The Balaban J connectivity index is 1.90. The van der Waals surface area contributed by atoms with Gasteiger partial charge in [-0.2, -0.15) is 0 Å². The second-order valence-corrected chi connectivity index (χ2v) is 4.44. The number of nitrogens with zero attached hydrogens (tertiary/aromatic N) is 2. The molecule has 0 amide bonds. The average Bonchev–Trinajstić information content (AvgIpc) is 2.44. The fraction of sp³-hybridized carbons (Fsp3) is 0.333. The van der Waals surface area contributed by atoms with E-state index in [4.69, 9.17) is 4.74 Å². The predicted octanol–water partition coefficient (Wildman–Crippen LogP) is 3.05. The molecule has 2 rings (SSSR count). The van der Waals surface area contributed by atoms with E-state index >= 15 is 0 Å². The molecule has 1 atom stereocenters. The molecule has 1 N–H and O–H groups in total. The number of anilines is 1. The molecular weight excluding hydrogens is 238 g/mol. The van der Waals surface area contributed by atoms with E-state index in [9.17, 15) is 0 Å². The summed E-state index contributed by atoms with van der Waals surface area (Å²) in [5.74, 6) is 1.68. The van der Waals surface area contributed by atoms with Crippen LogP contribution in [-0.2, 0) is 0 Å². The van der Waals surface area contributed by atoms with Crippen molar-refractivity contribution < 1.29 is 4.74 Å². The molecular formula is C15H19N3O. The molecule has 1 unspecified atom stereocenters. The molecule has 4 heteroatoms. The summed E-state index contributed by atoms with van der Waals surface area (Å²) in [6.45, 7) is 4.88. The largest absolute Gasteiger partial charge is 0.489 e. The number of rotatable bonds is 6. The normalized spacial score (nSPS) is 11.9. The first-order valence-electron chi connectivity index (χ1n) is 6.51. The Morgan fingerprint density at radius 3 is 2.89 bits per heavy atom. The molecule has 0 spiro atoms. The van der Waals surface area contributed by atoms with Gasteiger partial charge in [0.15, 0.2) is 0 Å². The van der Waals surface area contributed by atoms with Crippen LogP contribution in [0.1, 0.15) is 18.9 Å². The molecule has 1 aromatic carbocycles. The van der Waals surface area contributed by atoms with E-state index in [-0.39, 0.29) is 6.10 Å². The van der Waals surface area contributed by atoms with Crippen molar-refractivity contribution in [3.8, 4) is 5.75 Å². The van der Waals surface area contributed by atoms with Crippen molar-refractivity contribution in [2.45, 2.75) is 26.4 Å². The van der Waals surface area contributed by atoms with Gasteiger partial charge in [-0.15, -0.1) is 0 Å². The van der Waals surface area contributed by atoms with Crippen molar-refractivity contribution in [3.05, 3.63) is 48.4 Å². The quantitative estimate of drug-likeness (QED) is 0.864. The zero-order valence-corrected chi connectivity index (χ0v) is 11.3. The highest BCUT2D eigenvalue weighted by Crippen LogP contribution is 2.15. The molecule has 0 bridgehead atoms. The molecule has 19 heavy (non-hydrogen) atoms. The Bertz CT molecular complexity index is 502. The van der Waals surface area contributed by atoms with E-state index in [1.54, 1.807) is 18.6 Å². The van der Waals surface area contributed by atoms with E-state index in [2.05, 4.69) is 35.2 Å². The van der Waals surface area contributed by atoms with E-state index < -0.39 is 0 Å². The lowest BCUT2D eigenvalue weighted by Gasteiger charge is -2.18. The van der Waals surface area contributed by atoms with Gasteiger partial charge < -0.3 is 10.1 Å². The Hall–Kier alpha value is -2.10. The summed E-state index contributed by atoms with van der Waals surface area (Å²) >= 11 is 0. The highest BCUT2D eigenvalue weighted by atomic mass is 16.5. The maximum Gasteiger partial charge on any atom is 0.144 e. The number of ether oxygens (including phenoxy) is 1. The first kappa shape index (κ1) is 13.3. The molecule has 0 radical (unpaired) electrons. The minimum absolute atomic E-state index is 0.115. The molecule has 4 nitrogen and oxygen atoms in total. The lowest BCUT2D eigenvalue weighted by molar-refractivity contribution is 0.210. The average molecular weight is 257 g/mol. The summed E-state index contributed by atoms with van der Waals surface area (Å²) in [6.07, 6.45) is 6.08. The van der Waals surface area contributed by atoms with Gasteiger partial charge in [0.2, 0.25) is 0 Å². The SMILES string of the molecule is CCC(CNc1cnccn1)Oc1cccc(C)c1. The van der Waals surface area contributed by atoms with Crippen molar-refractivity contribution in [2.75, 3.05) is 11.9 Å². The summed E-state index contributed by atoms with van der Waals surface area (Å²) < 4.78 is 5.96. The molecule has 0 fully saturated rings. The first-order valence-corrected chi connectivity index (χ1v) is 6.51. The Morgan fingerprint density at radius 1 is 1.32 bits per heavy atom. The highest BCUT2D eigenvalue weighted by molar-refractivity contribution is 5.30. The number of aryl methyl sites for hydroxylation is 1. The Morgan fingerprint density at radius 2 is 2.21 bits per heavy atom. The number of hydrogen-bond acceptors (Lipinski definition) is 4. The van der Waals surface area contributed by atoms with Crippen LogP contribution in [-0.4, -0.2) is 22.6 Å². The summed E-state index contributed by atoms with van der Waals surface area (Å²) in [5.41, 5.74) is 1.20. The molecule has 1 aromatic heterocycles. The first-order chi connectivity index (χ1) is 9.28. The monoisotopic (exact) mass is 257 g/mol. The van der Waals surface area contributed by atoms with E-state index in [1.165, 1.54) is 5.56 Å². The molecule has 2 aromatic rings. The van der Waals surface area contributed by atoms with Crippen LogP contribution in [0.2, 0.25) is 0 Å². The molecule has 0 aliphatic rings.